The molecule has 0 saturated carbocycles. The van der Waals surface area contributed by atoms with Crippen LogP contribution in [0.2, 0.25) is 0 Å². The highest BCUT2D eigenvalue weighted by atomic mass is 16.5. The van der Waals surface area contributed by atoms with Crippen LogP contribution in [0.3, 0.4) is 0 Å². The van der Waals surface area contributed by atoms with Crippen LogP contribution in [0.4, 0.5) is 0 Å². The first-order valence-electron chi connectivity index (χ1n) is 19.3. The molecule has 0 spiro atoms. The number of carbonyl (C=O) groups is 3. The Hall–Kier alpha value is -1.85. The second-order valence-electron chi connectivity index (χ2n) is 13.2. The highest BCUT2D eigenvalue weighted by Gasteiger charge is 2.12. The van der Waals surface area contributed by atoms with Gasteiger partial charge in [-0.2, -0.15) is 0 Å². The average Bonchev–Trinajstić information content (AvgIpc) is 3.02. The fourth-order valence-corrected chi connectivity index (χ4v) is 5.78. The van der Waals surface area contributed by atoms with Gasteiger partial charge in [0.2, 0.25) is 5.91 Å². The summed E-state index contributed by atoms with van der Waals surface area (Å²) in [4.78, 5) is 34.9. The Morgan fingerprint density at radius 3 is 1.49 bits per heavy atom. The number of carboxylic acid groups (broad SMARTS) is 1. The largest absolute Gasteiger partial charge is 0.480 e. The number of nitrogens with one attached hydrogen (secondary N) is 1. The van der Waals surface area contributed by atoms with E-state index in [1.165, 1.54) is 128 Å². The van der Waals surface area contributed by atoms with Crippen LogP contribution in [-0.2, 0) is 19.1 Å². The molecule has 0 aliphatic rings. The lowest BCUT2D eigenvalue weighted by atomic mass is 10.0. The number of hydrogen-bond donors (Lipinski definition) is 2. The molecule has 0 fully saturated rings. The minimum Gasteiger partial charge on any atom is -0.480 e. The van der Waals surface area contributed by atoms with E-state index in [0.717, 1.165) is 51.4 Å². The van der Waals surface area contributed by atoms with Crippen molar-refractivity contribution >= 4 is 17.8 Å². The van der Waals surface area contributed by atoms with Gasteiger partial charge in [-0.25, -0.2) is 0 Å². The van der Waals surface area contributed by atoms with Gasteiger partial charge >= 0.3 is 11.9 Å². The number of carbonyl (C=O) groups excluding carboxylic acids is 2. The zero-order chi connectivity index (χ0) is 33.1. The molecular weight excluding hydrogens is 562 g/mol. The maximum absolute atomic E-state index is 12.6. The summed E-state index contributed by atoms with van der Waals surface area (Å²) in [6.07, 6.45) is 39.1. The Morgan fingerprint density at radius 1 is 0.578 bits per heavy atom. The number of allylic oxidation sites excluding steroid dienone is 1. The minimum atomic E-state index is -1.02. The van der Waals surface area contributed by atoms with Crippen molar-refractivity contribution in [1.29, 1.82) is 0 Å². The monoisotopic (exact) mass is 636 g/mol. The number of amides is 1. The van der Waals surface area contributed by atoms with E-state index < -0.39 is 5.97 Å². The molecule has 0 rings (SSSR count). The molecule has 0 aliphatic heterocycles. The highest BCUT2D eigenvalue weighted by Crippen LogP contribution is 2.16. The Morgan fingerprint density at radius 2 is 1.00 bits per heavy atom. The maximum Gasteiger partial charge on any atom is 0.322 e. The summed E-state index contributed by atoms with van der Waals surface area (Å²) in [6.45, 7) is 4.20. The molecule has 0 aromatic rings. The van der Waals surface area contributed by atoms with E-state index in [0.29, 0.717) is 12.8 Å². The van der Waals surface area contributed by atoms with Crippen LogP contribution in [0.25, 0.3) is 0 Å². The Bertz CT molecular complexity index is 708. The van der Waals surface area contributed by atoms with Crippen LogP contribution >= 0.6 is 0 Å². The highest BCUT2D eigenvalue weighted by molar-refractivity contribution is 5.80. The first kappa shape index (κ1) is 43.1. The van der Waals surface area contributed by atoms with Gasteiger partial charge in [-0.1, -0.05) is 161 Å². The number of esters is 1. The third-order valence-corrected chi connectivity index (χ3v) is 8.67. The molecule has 6 heteroatoms. The fraction of sp³-hybridized carbons (Fsp3) is 0.872. The van der Waals surface area contributed by atoms with Gasteiger partial charge in [-0.15, -0.1) is 0 Å². The SMILES string of the molecule is CCCCCCCCC/C=C\C(CCCCCCC(=O)NCC(=O)O)OC(=O)CCCCCCCCCCCCCCCCC. The molecule has 2 N–H and O–H groups in total. The van der Waals surface area contributed by atoms with Crippen molar-refractivity contribution < 1.29 is 24.2 Å². The lowest BCUT2D eigenvalue weighted by molar-refractivity contribution is -0.147. The van der Waals surface area contributed by atoms with Gasteiger partial charge in [0.1, 0.15) is 12.6 Å². The van der Waals surface area contributed by atoms with Crippen LogP contribution in [0.5, 0.6) is 0 Å². The number of rotatable bonds is 35. The van der Waals surface area contributed by atoms with Crippen molar-refractivity contribution in [2.24, 2.45) is 0 Å². The van der Waals surface area contributed by atoms with Crippen molar-refractivity contribution in [3.8, 4) is 0 Å². The molecule has 45 heavy (non-hydrogen) atoms. The molecule has 0 saturated heterocycles. The molecule has 0 radical (unpaired) electrons. The summed E-state index contributed by atoms with van der Waals surface area (Å²) in [6, 6.07) is 0. The van der Waals surface area contributed by atoms with Crippen LogP contribution in [0.1, 0.15) is 206 Å². The van der Waals surface area contributed by atoms with Gasteiger partial charge in [0.25, 0.3) is 0 Å². The van der Waals surface area contributed by atoms with Gasteiger partial charge in [0, 0.05) is 12.8 Å². The van der Waals surface area contributed by atoms with E-state index in [1.54, 1.807) is 0 Å². The second kappa shape index (κ2) is 35.0. The zero-order valence-electron chi connectivity index (χ0n) is 29.7. The standard InChI is InChI=1S/C39H73NO5/c1-3-5-7-9-11-13-14-15-16-17-18-20-22-24-30-34-39(44)45-36(31-27-23-21-19-12-10-8-6-4-2)32-28-25-26-29-33-37(41)40-35-38(42)43/h27,31,36H,3-26,28-30,32-35H2,1-2H3,(H,40,41)(H,42,43)/b31-27-. The van der Waals surface area contributed by atoms with Crippen LogP contribution in [0.15, 0.2) is 12.2 Å². The van der Waals surface area contributed by atoms with E-state index in [-0.39, 0.29) is 24.5 Å². The van der Waals surface area contributed by atoms with Crippen LogP contribution in [0, 0.1) is 0 Å². The van der Waals surface area contributed by atoms with Crippen LogP contribution < -0.4 is 5.32 Å². The van der Waals surface area contributed by atoms with Crippen molar-refractivity contribution in [2.45, 2.75) is 213 Å². The van der Waals surface area contributed by atoms with Crippen molar-refractivity contribution in [1.82, 2.24) is 5.32 Å². The quantitative estimate of drug-likeness (QED) is 0.0410. The molecule has 1 atom stereocenters. The summed E-state index contributed by atoms with van der Waals surface area (Å²) in [7, 11) is 0. The summed E-state index contributed by atoms with van der Waals surface area (Å²) in [5.74, 6) is -1.31. The zero-order valence-corrected chi connectivity index (χ0v) is 29.7. The first-order valence-corrected chi connectivity index (χ1v) is 19.3. The Labute approximate surface area is 278 Å². The molecule has 0 aromatic carbocycles. The number of ether oxygens (including phenoxy) is 1. The first-order chi connectivity index (χ1) is 22.0. The van der Waals surface area contributed by atoms with Crippen LogP contribution in [-0.4, -0.2) is 35.6 Å². The minimum absolute atomic E-state index is 0.0784. The van der Waals surface area contributed by atoms with E-state index >= 15 is 0 Å². The third-order valence-electron chi connectivity index (χ3n) is 8.67. The van der Waals surface area contributed by atoms with Gasteiger partial charge < -0.3 is 15.2 Å². The maximum atomic E-state index is 12.6. The molecule has 0 aromatic heterocycles. The Kier molecular flexibility index (Phi) is 33.6. The van der Waals surface area contributed by atoms with Crippen molar-refractivity contribution in [3.05, 3.63) is 12.2 Å². The summed E-state index contributed by atoms with van der Waals surface area (Å²) >= 11 is 0. The molecular formula is C39H73NO5. The van der Waals surface area contributed by atoms with E-state index in [2.05, 4.69) is 31.3 Å². The lowest BCUT2D eigenvalue weighted by Gasteiger charge is -2.15. The molecule has 0 bridgehead atoms. The number of unbranched alkanes of at least 4 members (excludes halogenated alkanes) is 24. The summed E-state index contributed by atoms with van der Waals surface area (Å²) in [5, 5.41) is 11.1. The van der Waals surface area contributed by atoms with Crippen molar-refractivity contribution in [2.75, 3.05) is 6.54 Å². The number of hydrogen-bond acceptors (Lipinski definition) is 4. The normalized spacial score (nSPS) is 12.0. The van der Waals surface area contributed by atoms with E-state index in [1.807, 2.05) is 0 Å². The molecule has 1 amide bonds. The predicted octanol–water partition coefficient (Wildman–Crippen LogP) is 11.4. The molecule has 0 aliphatic carbocycles. The molecule has 6 nitrogen and oxygen atoms in total. The smallest absolute Gasteiger partial charge is 0.322 e. The topological polar surface area (TPSA) is 92.7 Å². The fourth-order valence-electron chi connectivity index (χ4n) is 5.78. The molecule has 1 unspecified atom stereocenters. The van der Waals surface area contributed by atoms with Gasteiger partial charge in [0.15, 0.2) is 0 Å². The van der Waals surface area contributed by atoms with Gasteiger partial charge in [-0.3, -0.25) is 14.4 Å². The predicted molar refractivity (Wildman–Crippen MR) is 190 cm³/mol. The molecule has 0 heterocycles. The van der Waals surface area contributed by atoms with Gasteiger partial charge in [-0.05, 0) is 44.6 Å². The number of carboxylic acids is 1. The summed E-state index contributed by atoms with van der Waals surface area (Å²) in [5.41, 5.74) is 0. The Balaban J connectivity index is 4.12. The molecule has 264 valence electrons. The van der Waals surface area contributed by atoms with Crippen molar-refractivity contribution in [3.63, 3.8) is 0 Å². The van der Waals surface area contributed by atoms with Gasteiger partial charge in [0.05, 0.1) is 0 Å². The summed E-state index contributed by atoms with van der Waals surface area (Å²) < 4.78 is 5.90. The van der Waals surface area contributed by atoms with E-state index in [4.69, 9.17) is 9.84 Å². The van der Waals surface area contributed by atoms with E-state index in [9.17, 15) is 14.4 Å². The lowest BCUT2D eigenvalue weighted by Crippen LogP contribution is -2.28. The third kappa shape index (κ3) is 34.9. The second-order valence-corrected chi connectivity index (χ2v) is 13.2. The average molecular weight is 636 g/mol. The number of aliphatic carboxylic acids is 1.